The van der Waals surface area contributed by atoms with E-state index in [4.69, 9.17) is 4.42 Å². The van der Waals surface area contributed by atoms with Gasteiger partial charge in [0.15, 0.2) is 0 Å². The molecule has 0 bridgehead atoms. The lowest BCUT2D eigenvalue weighted by atomic mass is 10.0. The van der Waals surface area contributed by atoms with Crippen molar-refractivity contribution in [1.29, 1.82) is 0 Å². The number of nitrogens with zero attached hydrogens (tertiary/aromatic N) is 1. The van der Waals surface area contributed by atoms with Gasteiger partial charge in [-0.15, -0.1) is 0 Å². The van der Waals surface area contributed by atoms with Crippen molar-refractivity contribution in [2.45, 2.75) is 12.6 Å². The fourth-order valence-corrected chi connectivity index (χ4v) is 3.07. The number of hydrogen-bond donors (Lipinski definition) is 0. The molecule has 1 aromatic heterocycles. The van der Waals surface area contributed by atoms with Crippen molar-refractivity contribution in [1.82, 2.24) is 4.90 Å². The van der Waals surface area contributed by atoms with Gasteiger partial charge >= 0.3 is 0 Å². The van der Waals surface area contributed by atoms with Crippen LogP contribution in [0.25, 0.3) is 0 Å². The fourth-order valence-electron chi connectivity index (χ4n) is 3.07. The lowest BCUT2D eigenvalue weighted by molar-refractivity contribution is 0.0721. The summed E-state index contributed by atoms with van der Waals surface area (Å²) in [5, 5.41) is 0. The Morgan fingerprint density at radius 2 is 1.68 bits per heavy atom. The van der Waals surface area contributed by atoms with Gasteiger partial charge in [0.05, 0.1) is 6.26 Å². The van der Waals surface area contributed by atoms with Crippen LogP contribution in [0.15, 0.2) is 77.4 Å². The molecule has 0 saturated heterocycles. The summed E-state index contributed by atoms with van der Waals surface area (Å²) in [4.78, 5) is 14.7. The second kappa shape index (κ2) is 5.19. The SMILES string of the molecule is O=C1c2ccccc2[C@H](c2ccco2)N1Cc1ccccc1. The number of fused-ring (bicyclic) bond motifs is 1. The molecule has 0 radical (unpaired) electrons. The number of amides is 1. The molecule has 1 amide bonds. The van der Waals surface area contributed by atoms with Crippen LogP contribution < -0.4 is 0 Å². The molecule has 2 heterocycles. The third-order valence-corrected chi connectivity index (χ3v) is 4.07. The van der Waals surface area contributed by atoms with E-state index in [1.165, 1.54) is 0 Å². The van der Waals surface area contributed by atoms with Crippen molar-refractivity contribution in [3.63, 3.8) is 0 Å². The summed E-state index contributed by atoms with van der Waals surface area (Å²) in [6.07, 6.45) is 1.65. The summed E-state index contributed by atoms with van der Waals surface area (Å²) in [5.41, 5.74) is 2.89. The van der Waals surface area contributed by atoms with Gasteiger partial charge in [-0.2, -0.15) is 0 Å². The number of rotatable bonds is 3. The predicted molar refractivity (Wildman–Crippen MR) is 83.3 cm³/mol. The minimum absolute atomic E-state index is 0.0563. The molecule has 3 heteroatoms. The number of benzene rings is 2. The first-order valence-corrected chi connectivity index (χ1v) is 7.32. The van der Waals surface area contributed by atoms with Gasteiger partial charge in [-0.05, 0) is 29.3 Å². The molecule has 1 atom stereocenters. The van der Waals surface area contributed by atoms with Crippen LogP contribution >= 0.6 is 0 Å². The first kappa shape index (κ1) is 12.9. The molecule has 108 valence electrons. The van der Waals surface area contributed by atoms with E-state index < -0.39 is 0 Å². The third-order valence-electron chi connectivity index (χ3n) is 4.07. The number of furan rings is 1. The van der Waals surface area contributed by atoms with Crippen LogP contribution in [-0.4, -0.2) is 10.8 Å². The highest BCUT2D eigenvalue weighted by atomic mass is 16.3. The van der Waals surface area contributed by atoms with Crippen molar-refractivity contribution in [2.75, 3.05) is 0 Å². The molecule has 4 rings (SSSR count). The lowest BCUT2D eigenvalue weighted by Gasteiger charge is -2.24. The predicted octanol–water partition coefficient (Wildman–Crippen LogP) is 4.03. The Balaban J connectivity index is 1.78. The van der Waals surface area contributed by atoms with Crippen molar-refractivity contribution in [3.8, 4) is 0 Å². The van der Waals surface area contributed by atoms with Gasteiger partial charge in [0, 0.05) is 12.1 Å². The van der Waals surface area contributed by atoms with E-state index in [-0.39, 0.29) is 11.9 Å². The maximum Gasteiger partial charge on any atom is 0.255 e. The van der Waals surface area contributed by atoms with Crippen molar-refractivity contribution in [3.05, 3.63) is 95.4 Å². The molecule has 1 aliphatic rings. The second-order valence-electron chi connectivity index (χ2n) is 5.42. The zero-order valence-corrected chi connectivity index (χ0v) is 12.0. The molecule has 0 saturated carbocycles. The highest BCUT2D eigenvalue weighted by Gasteiger charge is 2.38. The molecular formula is C19H15NO2. The van der Waals surface area contributed by atoms with Crippen LogP contribution in [0.2, 0.25) is 0 Å². The highest BCUT2D eigenvalue weighted by Crippen LogP contribution is 2.39. The summed E-state index contributed by atoms with van der Waals surface area (Å²) < 4.78 is 5.60. The van der Waals surface area contributed by atoms with E-state index in [9.17, 15) is 4.79 Å². The Bertz CT molecular complexity index is 793. The molecule has 0 N–H and O–H groups in total. The van der Waals surface area contributed by atoms with Crippen molar-refractivity contribution < 1.29 is 9.21 Å². The number of hydrogen-bond acceptors (Lipinski definition) is 2. The van der Waals surface area contributed by atoms with Gasteiger partial charge < -0.3 is 9.32 Å². The Labute approximate surface area is 128 Å². The van der Waals surface area contributed by atoms with Gasteiger partial charge in [0.1, 0.15) is 11.8 Å². The quantitative estimate of drug-likeness (QED) is 0.729. The molecule has 0 aliphatic carbocycles. The normalized spacial score (nSPS) is 16.8. The molecular weight excluding hydrogens is 274 g/mol. The number of carbonyl (C=O) groups is 1. The van der Waals surface area contributed by atoms with Crippen LogP contribution in [0.1, 0.15) is 33.3 Å². The second-order valence-corrected chi connectivity index (χ2v) is 5.42. The first-order valence-electron chi connectivity index (χ1n) is 7.32. The summed E-state index contributed by atoms with van der Waals surface area (Å²) in [5.74, 6) is 0.857. The molecule has 0 spiro atoms. The third kappa shape index (κ3) is 2.02. The van der Waals surface area contributed by atoms with Crippen LogP contribution in [-0.2, 0) is 6.54 Å². The Kier molecular flexibility index (Phi) is 3.04. The van der Waals surface area contributed by atoms with Crippen LogP contribution in [0.3, 0.4) is 0 Å². The zero-order chi connectivity index (χ0) is 14.9. The van der Waals surface area contributed by atoms with Crippen LogP contribution in [0.5, 0.6) is 0 Å². The summed E-state index contributed by atoms with van der Waals surface area (Å²) in [6, 6.07) is 21.4. The highest BCUT2D eigenvalue weighted by molar-refractivity contribution is 5.99. The summed E-state index contributed by atoms with van der Waals surface area (Å²) in [6.45, 7) is 0.569. The Morgan fingerprint density at radius 3 is 2.45 bits per heavy atom. The molecule has 0 unspecified atom stereocenters. The first-order chi connectivity index (χ1) is 10.8. The molecule has 0 fully saturated rings. The smallest absolute Gasteiger partial charge is 0.255 e. The topological polar surface area (TPSA) is 33.5 Å². The molecule has 3 aromatic rings. The van der Waals surface area contributed by atoms with Gasteiger partial charge in [-0.1, -0.05) is 48.5 Å². The van der Waals surface area contributed by atoms with Crippen LogP contribution in [0.4, 0.5) is 0 Å². The molecule has 3 nitrogen and oxygen atoms in total. The standard InChI is InChI=1S/C19H15NO2/c21-19-16-10-5-4-9-15(16)18(17-11-6-12-22-17)20(19)13-14-7-2-1-3-8-14/h1-12,18H,13H2/t18-/m1/s1. The monoisotopic (exact) mass is 289 g/mol. The molecule has 2 aromatic carbocycles. The lowest BCUT2D eigenvalue weighted by Crippen LogP contribution is -2.28. The zero-order valence-electron chi connectivity index (χ0n) is 12.0. The average molecular weight is 289 g/mol. The minimum atomic E-state index is -0.154. The van der Waals surface area contributed by atoms with E-state index in [1.54, 1.807) is 6.26 Å². The largest absolute Gasteiger partial charge is 0.467 e. The summed E-state index contributed by atoms with van der Waals surface area (Å²) in [7, 11) is 0. The van der Waals surface area contributed by atoms with E-state index in [0.717, 1.165) is 22.5 Å². The van der Waals surface area contributed by atoms with Crippen molar-refractivity contribution in [2.24, 2.45) is 0 Å². The van der Waals surface area contributed by atoms with Gasteiger partial charge in [-0.25, -0.2) is 0 Å². The fraction of sp³-hybridized carbons (Fsp3) is 0.105. The summed E-state index contributed by atoms with van der Waals surface area (Å²) >= 11 is 0. The van der Waals surface area contributed by atoms with E-state index in [0.29, 0.717) is 6.54 Å². The maximum absolute atomic E-state index is 12.8. The van der Waals surface area contributed by atoms with Gasteiger partial charge in [0.25, 0.3) is 5.91 Å². The van der Waals surface area contributed by atoms with E-state index in [1.807, 2.05) is 71.6 Å². The average Bonchev–Trinajstić information content (AvgIpc) is 3.17. The maximum atomic E-state index is 12.8. The van der Waals surface area contributed by atoms with Crippen molar-refractivity contribution >= 4 is 5.91 Å². The van der Waals surface area contributed by atoms with Gasteiger partial charge in [0.2, 0.25) is 0 Å². The molecule has 1 aliphatic heterocycles. The molecule has 22 heavy (non-hydrogen) atoms. The van der Waals surface area contributed by atoms with Gasteiger partial charge in [-0.3, -0.25) is 4.79 Å². The van der Waals surface area contributed by atoms with E-state index in [2.05, 4.69) is 0 Å². The van der Waals surface area contributed by atoms with E-state index >= 15 is 0 Å². The Hall–Kier alpha value is -2.81. The number of carbonyl (C=O) groups excluding carboxylic acids is 1. The van der Waals surface area contributed by atoms with Crippen LogP contribution in [0, 0.1) is 0 Å². The minimum Gasteiger partial charge on any atom is -0.467 e. The Morgan fingerprint density at radius 1 is 0.909 bits per heavy atom.